The molecular formula is C30H30FN3O4. The Morgan fingerprint density at radius 2 is 1.79 bits per heavy atom. The summed E-state index contributed by atoms with van der Waals surface area (Å²) in [7, 11) is 4.83. The van der Waals surface area contributed by atoms with E-state index < -0.39 is 17.4 Å². The van der Waals surface area contributed by atoms with Crippen LogP contribution in [0.5, 0.6) is 5.75 Å². The third-order valence-electron chi connectivity index (χ3n) is 7.02. The molecule has 0 unspecified atom stereocenters. The van der Waals surface area contributed by atoms with Crippen molar-refractivity contribution in [3.05, 3.63) is 87.4 Å². The number of nitrogens with zero attached hydrogens (tertiary/aromatic N) is 3. The van der Waals surface area contributed by atoms with Gasteiger partial charge in [0.15, 0.2) is 0 Å². The lowest BCUT2D eigenvalue weighted by atomic mass is 9.86. The van der Waals surface area contributed by atoms with Crippen molar-refractivity contribution in [3.63, 3.8) is 0 Å². The molecule has 2 aromatic heterocycles. The molecule has 0 amide bonds. The van der Waals surface area contributed by atoms with Crippen LogP contribution in [-0.4, -0.2) is 32.8 Å². The number of imidazole rings is 1. The van der Waals surface area contributed by atoms with Gasteiger partial charge in [-0.25, -0.2) is 19.0 Å². The van der Waals surface area contributed by atoms with Crippen LogP contribution in [0, 0.1) is 5.82 Å². The summed E-state index contributed by atoms with van der Waals surface area (Å²) in [6.07, 6.45) is 3.44. The number of aromatic nitrogens is 3. The van der Waals surface area contributed by atoms with Gasteiger partial charge >= 0.3 is 11.7 Å². The Morgan fingerprint density at radius 1 is 1.05 bits per heavy atom. The maximum atomic E-state index is 15.6. The molecule has 1 aliphatic rings. The molecular weight excluding hydrogens is 485 g/mol. The SMILES string of the molecule is COC(=O)c1ccc(-c2cc3c(cc2F)C(c2cc(C(C)C)c4c(c2)n(C)c(=O)n4C)=CC(C)(C)O3)cn1. The number of esters is 1. The standard InChI is InChI=1S/C30H30FN3O4/c1-16(2)19-10-18(11-25-27(19)34(6)29(36)33(25)5)22-14-30(3,4)38-26-13-20(23(31)12-21(22)26)17-8-9-24(32-15-17)28(35)37-7/h8-16H,1-7H3. The molecule has 0 N–H and O–H groups in total. The van der Waals surface area contributed by atoms with Crippen LogP contribution >= 0.6 is 0 Å². The molecule has 1 aliphatic heterocycles. The molecule has 0 radical (unpaired) electrons. The number of pyridine rings is 1. The Morgan fingerprint density at radius 3 is 2.42 bits per heavy atom. The first kappa shape index (κ1) is 25.4. The lowest BCUT2D eigenvalue weighted by Gasteiger charge is -2.32. The fourth-order valence-corrected chi connectivity index (χ4v) is 5.11. The van der Waals surface area contributed by atoms with Crippen LogP contribution < -0.4 is 10.4 Å². The molecule has 0 aliphatic carbocycles. The second-order valence-corrected chi connectivity index (χ2v) is 10.5. The quantitative estimate of drug-likeness (QED) is 0.331. The van der Waals surface area contributed by atoms with E-state index in [0.717, 1.165) is 27.7 Å². The molecule has 0 saturated carbocycles. The molecule has 196 valence electrons. The number of ether oxygens (including phenoxy) is 2. The van der Waals surface area contributed by atoms with Gasteiger partial charge in [0.05, 0.1) is 18.1 Å². The highest BCUT2D eigenvalue weighted by Gasteiger charge is 2.30. The summed E-state index contributed by atoms with van der Waals surface area (Å²) in [6.45, 7) is 8.09. The zero-order chi connectivity index (χ0) is 27.5. The van der Waals surface area contributed by atoms with Crippen molar-refractivity contribution in [2.45, 2.75) is 39.2 Å². The van der Waals surface area contributed by atoms with Crippen molar-refractivity contribution < 1.29 is 18.7 Å². The van der Waals surface area contributed by atoms with E-state index in [0.29, 0.717) is 22.4 Å². The van der Waals surface area contributed by atoms with Crippen molar-refractivity contribution in [1.82, 2.24) is 14.1 Å². The van der Waals surface area contributed by atoms with Gasteiger partial charge in [0.2, 0.25) is 0 Å². The third kappa shape index (κ3) is 4.10. The average molecular weight is 516 g/mol. The lowest BCUT2D eigenvalue weighted by molar-refractivity contribution is 0.0594. The van der Waals surface area contributed by atoms with Gasteiger partial charge in [-0.1, -0.05) is 19.9 Å². The third-order valence-corrected chi connectivity index (χ3v) is 7.02. The molecule has 38 heavy (non-hydrogen) atoms. The van der Waals surface area contributed by atoms with Crippen LogP contribution in [-0.2, 0) is 18.8 Å². The minimum atomic E-state index is -0.667. The summed E-state index contributed by atoms with van der Waals surface area (Å²) in [4.78, 5) is 28.6. The number of halogens is 1. The highest BCUT2D eigenvalue weighted by atomic mass is 19.1. The molecule has 0 bridgehead atoms. The van der Waals surface area contributed by atoms with Gasteiger partial charge in [0.25, 0.3) is 0 Å². The van der Waals surface area contributed by atoms with E-state index in [2.05, 4.69) is 24.9 Å². The Hall–Kier alpha value is -4.20. The molecule has 7 nitrogen and oxygen atoms in total. The van der Waals surface area contributed by atoms with E-state index in [1.165, 1.54) is 25.4 Å². The molecule has 4 aromatic rings. The second-order valence-electron chi connectivity index (χ2n) is 10.5. The summed E-state index contributed by atoms with van der Waals surface area (Å²) in [5, 5.41) is 0. The number of methoxy groups -OCH3 is 1. The fraction of sp³-hybridized carbons (Fsp3) is 0.300. The molecule has 0 saturated heterocycles. The smallest absolute Gasteiger partial charge is 0.356 e. The molecule has 2 aromatic carbocycles. The van der Waals surface area contributed by atoms with Crippen LogP contribution in [0.2, 0.25) is 0 Å². The Bertz CT molecular complexity index is 1690. The lowest BCUT2D eigenvalue weighted by Crippen LogP contribution is -2.29. The van der Waals surface area contributed by atoms with E-state index in [-0.39, 0.29) is 17.3 Å². The number of benzene rings is 2. The number of rotatable bonds is 4. The summed E-state index contributed by atoms with van der Waals surface area (Å²) in [6, 6.07) is 10.4. The minimum absolute atomic E-state index is 0.0942. The summed E-state index contributed by atoms with van der Waals surface area (Å²) in [5.41, 5.74) is 5.31. The molecule has 5 rings (SSSR count). The van der Waals surface area contributed by atoms with Crippen molar-refractivity contribution in [2.24, 2.45) is 14.1 Å². The topological polar surface area (TPSA) is 75.3 Å². The van der Waals surface area contributed by atoms with Gasteiger partial charge in [-0.15, -0.1) is 0 Å². The van der Waals surface area contributed by atoms with Crippen LogP contribution in [0.1, 0.15) is 60.8 Å². The molecule has 8 heteroatoms. The first-order valence-electron chi connectivity index (χ1n) is 12.4. The summed E-state index contributed by atoms with van der Waals surface area (Å²) >= 11 is 0. The van der Waals surface area contributed by atoms with Crippen molar-refractivity contribution in [3.8, 4) is 16.9 Å². The predicted molar refractivity (Wildman–Crippen MR) is 145 cm³/mol. The van der Waals surface area contributed by atoms with E-state index in [1.807, 2.05) is 26.0 Å². The molecule has 0 spiro atoms. The van der Waals surface area contributed by atoms with E-state index >= 15 is 4.39 Å². The van der Waals surface area contributed by atoms with E-state index in [9.17, 15) is 9.59 Å². The van der Waals surface area contributed by atoms with Gasteiger partial charge < -0.3 is 9.47 Å². The van der Waals surface area contributed by atoms with Gasteiger partial charge in [0.1, 0.15) is 22.9 Å². The number of carbonyl (C=O) groups is 1. The first-order valence-corrected chi connectivity index (χ1v) is 12.4. The van der Waals surface area contributed by atoms with E-state index in [4.69, 9.17) is 9.47 Å². The second kappa shape index (κ2) is 8.97. The number of aryl methyl sites for hydroxylation is 2. The summed E-state index contributed by atoms with van der Waals surface area (Å²) in [5.74, 6) is -0.300. The zero-order valence-electron chi connectivity index (χ0n) is 22.5. The first-order chi connectivity index (χ1) is 17.9. The monoisotopic (exact) mass is 515 g/mol. The zero-order valence-corrected chi connectivity index (χ0v) is 22.5. The number of hydrogen-bond donors (Lipinski definition) is 0. The number of fused-ring (bicyclic) bond motifs is 2. The molecule has 0 atom stereocenters. The number of carbonyl (C=O) groups excluding carboxylic acids is 1. The predicted octanol–water partition coefficient (Wildman–Crippen LogP) is 5.59. The van der Waals surface area contributed by atoms with Gasteiger partial charge in [-0.05, 0) is 72.9 Å². The van der Waals surface area contributed by atoms with Crippen molar-refractivity contribution in [1.29, 1.82) is 0 Å². The van der Waals surface area contributed by atoms with Gasteiger partial charge in [0, 0.05) is 37.0 Å². The number of hydrogen-bond acceptors (Lipinski definition) is 5. The van der Waals surface area contributed by atoms with Crippen LogP contribution in [0.4, 0.5) is 4.39 Å². The average Bonchev–Trinajstić information content (AvgIpc) is 3.10. The fourth-order valence-electron chi connectivity index (χ4n) is 5.11. The maximum absolute atomic E-state index is 15.6. The van der Waals surface area contributed by atoms with Gasteiger partial charge in [-0.2, -0.15) is 0 Å². The Balaban J connectivity index is 1.69. The normalized spacial score (nSPS) is 14.3. The Kier molecular flexibility index (Phi) is 6.01. The molecule has 3 heterocycles. The van der Waals surface area contributed by atoms with Gasteiger partial charge in [-0.3, -0.25) is 9.13 Å². The highest BCUT2D eigenvalue weighted by molar-refractivity contribution is 5.92. The van der Waals surface area contributed by atoms with Crippen LogP contribution in [0.15, 0.2) is 53.5 Å². The molecule has 0 fully saturated rings. The maximum Gasteiger partial charge on any atom is 0.356 e. The minimum Gasteiger partial charge on any atom is -0.483 e. The van der Waals surface area contributed by atoms with Crippen LogP contribution in [0.3, 0.4) is 0 Å². The Labute approximate surface area is 220 Å². The van der Waals surface area contributed by atoms with Crippen LogP contribution in [0.25, 0.3) is 27.7 Å². The highest BCUT2D eigenvalue weighted by Crippen LogP contribution is 2.43. The van der Waals surface area contributed by atoms with Crippen molar-refractivity contribution in [2.75, 3.05) is 7.11 Å². The largest absolute Gasteiger partial charge is 0.483 e. The van der Waals surface area contributed by atoms with E-state index in [1.54, 1.807) is 35.4 Å². The summed E-state index contributed by atoms with van der Waals surface area (Å²) < 4.78 is 29.9. The van der Waals surface area contributed by atoms with Crippen molar-refractivity contribution >= 4 is 22.6 Å².